The number of nitrogens with zero attached hydrogens (tertiary/aromatic N) is 2. The van der Waals surface area contributed by atoms with E-state index in [1.807, 2.05) is 67.6 Å². The normalized spacial score (nSPS) is 10.9. The number of aryl methyl sites for hydroxylation is 1. The van der Waals surface area contributed by atoms with Gasteiger partial charge in [0.1, 0.15) is 30.3 Å². The second kappa shape index (κ2) is 11.3. The van der Waals surface area contributed by atoms with E-state index < -0.39 is 0 Å². The predicted octanol–water partition coefficient (Wildman–Crippen LogP) is 5.24. The number of carbonyl (C=O) groups excluding carboxylic acids is 1. The highest BCUT2D eigenvalue weighted by Gasteiger charge is 2.17. The van der Waals surface area contributed by atoms with Gasteiger partial charge >= 0.3 is 6.09 Å². The lowest BCUT2D eigenvalue weighted by molar-refractivity contribution is 0.0915. The molecule has 0 spiro atoms. The van der Waals surface area contributed by atoms with Gasteiger partial charge in [0.05, 0.1) is 18.5 Å². The van der Waals surface area contributed by atoms with E-state index in [0.29, 0.717) is 43.2 Å². The van der Waals surface area contributed by atoms with Crippen molar-refractivity contribution in [2.75, 3.05) is 13.2 Å². The van der Waals surface area contributed by atoms with E-state index in [4.69, 9.17) is 13.9 Å². The van der Waals surface area contributed by atoms with Crippen LogP contribution < -0.4 is 4.74 Å². The van der Waals surface area contributed by atoms with Gasteiger partial charge < -0.3 is 23.9 Å². The fourth-order valence-electron chi connectivity index (χ4n) is 3.78. The molecular formula is C27H28N2O5. The van der Waals surface area contributed by atoms with Crippen LogP contribution in [0.15, 0.2) is 77.5 Å². The van der Waals surface area contributed by atoms with Gasteiger partial charge in [0.2, 0.25) is 0 Å². The highest BCUT2D eigenvalue weighted by molar-refractivity contribution is 5.88. The molecule has 0 saturated carbocycles. The van der Waals surface area contributed by atoms with Crippen LogP contribution in [0.2, 0.25) is 0 Å². The second-order valence-corrected chi connectivity index (χ2v) is 7.96. The van der Waals surface area contributed by atoms with Crippen molar-refractivity contribution in [1.29, 1.82) is 0 Å². The monoisotopic (exact) mass is 460 g/mol. The van der Waals surface area contributed by atoms with Crippen molar-refractivity contribution in [3.63, 3.8) is 0 Å². The molecule has 7 heteroatoms. The largest absolute Gasteiger partial charge is 0.493 e. The molecule has 1 amide bonds. The summed E-state index contributed by atoms with van der Waals surface area (Å²) in [6, 6.07) is 19.0. The van der Waals surface area contributed by atoms with Gasteiger partial charge in [-0.2, -0.15) is 0 Å². The van der Waals surface area contributed by atoms with Crippen molar-refractivity contribution >= 4 is 17.1 Å². The zero-order chi connectivity index (χ0) is 23.8. The van der Waals surface area contributed by atoms with Crippen LogP contribution in [-0.2, 0) is 24.5 Å². The molecule has 2 heterocycles. The third-order valence-corrected chi connectivity index (χ3v) is 5.55. The summed E-state index contributed by atoms with van der Waals surface area (Å²) >= 11 is 0. The number of amides is 1. The van der Waals surface area contributed by atoms with E-state index in [0.717, 1.165) is 22.1 Å². The van der Waals surface area contributed by atoms with Crippen molar-refractivity contribution in [2.24, 2.45) is 0 Å². The Kier molecular flexibility index (Phi) is 7.78. The highest BCUT2D eigenvalue weighted by atomic mass is 16.6. The quantitative estimate of drug-likeness (QED) is 0.326. The lowest BCUT2D eigenvalue weighted by Gasteiger charge is -2.22. The number of benzene rings is 2. The van der Waals surface area contributed by atoms with E-state index in [1.165, 1.54) is 0 Å². The van der Waals surface area contributed by atoms with Gasteiger partial charge in [-0.1, -0.05) is 42.5 Å². The smallest absolute Gasteiger partial charge is 0.410 e. The molecule has 0 aliphatic carbocycles. The number of hydrogen-bond acceptors (Lipinski definition) is 6. The molecule has 0 bridgehead atoms. The summed E-state index contributed by atoms with van der Waals surface area (Å²) in [5.41, 5.74) is 3.42. The Labute approximate surface area is 198 Å². The van der Waals surface area contributed by atoms with Crippen LogP contribution in [-0.4, -0.2) is 34.2 Å². The highest BCUT2D eigenvalue weighted by Crippen LogP contribution is 2.33. The number of rotatable bonds is 10. The molecule has 34 heavy (non-hydrogen) atoms. The van der Waals surface area contributed by atoms with Crippen LogP contribution in [0.1, 0.15) is 28.9 Å². The first kappa shape index (κ1) is 23.3. The van der Waals surface area contributed by atoms with Crippen LogP contribution in [0, 0.1) is 6.92 Å². The molecule has 0 aliphatic heterocycles. The van der Waals surface area contributed by atoms with Gasteiger partial charge in [-0.05, 0) is 42.7 Å². The minimum Gasteiger partial charge on any atom is -0.493 e. The van der Waals surface area contributed by atoms with E-state index in [1.54, 1.807) is 17.3 Å². The van der Waals surface area contributed by atoms with Gasteiger partial charge in [0.25, 0.3) is 0 Å². The molecule has 0 saturated heterocycles. The first-order valence-corrected chi connectivity index (χ1v) is 11.2. The van der Waals surface area contributed by atoms with Crippen LogP contribution in [0.3, 0.4) is 0 Å². The molecule has 0 unspecified atom stereocenters. The Morgan fingerprint density at radius 2 is 1.88 bits per heavy atom. The third kappa shape index (κ3) is 5.74. The topological polar surface area (TPSA) is 85.0 Å². The standard InChI is InChI=1S/C27H28N2O5/c1-20-25(18-30)34-24-12-5-11-23(26(20)24)32-15-7-14-29(17-22-10-6-13-28-16-22)27(31)33-19-21-8-3-2-4-9-21/h2-6,8-13,16,30H,7,14-15,17-19H2,1H3. The van der Waals surface area contributed by atoms with Crippen LogP contribution in [0.25, 0.3) is 11.0 Å². The molecule has 7 nitrogen and oxygen atoms in total. The molecule has 4 rings (SSSR count). The first-order chi connectivity index (χ1) is 16.7. The van der Waals surface area contributed by atoms with Gasteiger partial charge in [-0.15, -0.1) is 0 Å². The maximum atomic E-state index is 12.8. The number of aliphatic hydroxyl groups is 1. The zero-order valence-corrected chi connectivity index (χ0v) is 19.1. The summed E-state index contributed by atoms with van der Waals surface area (Å²) in [6.07, 6.45) is 3.68. The number of furan rings is 1. The number of ether oxygens (including phenoxy) is 2. The molecule has 0 aliphatic rings. The predicted molar refractivity (Wildman–Crippen MR) is 128 cm³/mol. The van der Waals surface area contributed by atoms with Crippen molar-refractivity contribution in [1.82, 2.24) is 9.88 Å². The van der Waals surface area contributed by atoms with E-state index in [2.05, 4.69) is 4.98 Å². The minimum atomic E-state index is -0.381. The number of aliphatic hydroxyl groups excluding tert-OH is 1. The van der Waals surface area contributed by atoms with Gasteiger partial charge in [0, 0.05) is 24.5 Å². The molecule has 0 fully saturated rings. The summed E-state index contributed by atoms with van der Waals surface area (Å²) in [5, 5.41) is 10.3. The zero-order valence-electron chi connectivity index (χ0n) is 19.1. The maximum absolute atomic E-state index is 12.8. The molecular weight excluding hydrogens is 432 g/mol. The third-order valence-electron chi connectivity index (χ3n) is 5.55. The summed E-state index contributed by atoms with van der Waals surface area (Å²) in [7, 11) is 0. The maximum Gasteiger partial charge on any atom is 0.410 e. The summed E-state index contributed by atoms with van der Waals surface area (Å²) in [6.45, 7) is 3.24. The summed E-state index contributed by atoms with van der Waals surface area (Å²) < 4.78 is 17.3. The average Bonchev–Trinajstić information content (AvgIpc) is 3.22. The Balaban J connectivity index is 1.38. The Morgan fingerprint density at radius 3 is 2.65 bits per heavy atom. The van der Waals surface area contributed by atoms with E-state index in [9.17, 15) is 9.90 Å². The second-order valence-electron chi connectivity index (χ2n) is 7.96. The Morgan fingerprint density at radius 1 is 1.06 bits per heavy atom. The molecule has 0 radical (unpaired) electrons. The van der Waals surface area contributed by atoms with E-state index >= 15 is 0 Å². The lowest BCUT2D eigenvalue weighted by atomic mass is 10.1. The van der Waals surface area contributed by atoms with Crippen LogP contribution >= 0.6 is 0 Å². The molecule has 4 aromatic rings. The fourth-order valence-corrected chi connectivity index (χ4v) is 3.78. The molecule has 0 atom stereocenters. The Bertz CT molecular complexity index is 1210. The molecule has 176 valence electrons. The van der Waals surface area contributed by atoms with Gasteiger partial charge in [-0.3, -0.25) is 4.98 Å². The molecule has 2 aromatic heterocycles. The molecule has 1 N–H and O–H groups in total. The SMILES string of the molecule is Cc1c(CO)oc2cccc(OCCCN(Cc3cccnc3)C(=O)OCc3ccccc3)c12. The lowest BCUT2D eigenvalue weighted by Crippen LogP contribution is -2.32. The number of aromatic nitrogens is 1. The van der Waals surface area contributed by atoms with Gasteiger partial charge in [0.15, 0.2) is 0 Å². The average molecular weight is 461 g/mol. The summed E-state index contributed by atoms with van der Waals surface area (Å²) in [5.74, 6) is 1.23. The number of fused-ring (bicyclic) bond motifs is 1. The first-order valence-electron chi connectivity index (χ1n) is 11.2. The van der Waals surface area contributed by atoms with Crippen molar-refractivity contribution in [3.8, 4) is 5.75 Å². The van der Waals surface area contributed by atoms with E-state index in [-0.39, 0.29) is 19.3 Å². The van der Waals surface area contributed by atoms with Crippen LogP contribution in [0.4, 0.5) is 4.79 Å². The number of hydrogen-bond donors (Lipinski definition) is 1. The van der Waals surface area contributed by atoms with Crippen molar-refractivity contribution in [2.45, 2.75) is 33.1 Å². The van der Waals surface area contributed by atoms with Crippen LogP contribution in [0.5, 0.6) is 5.75 Å². The number of carbonyl (C=O) groups is 1. The van der Waals surface area contributed by atoms with Crippen molar-refractivity contribution < 1.29 is 23.8 Å². The van der Waals surface area contributed by atoms with Gasteiger partial charge in [-0.25, -0.2) is 4.79 Å². The Hall–Kier alpha value is -3.84. The van der Waals surface area contributed by atoms with Crippen molar-refractivity contribution in [3.05, 3.63) is 95.5 Å². The minimum absolute atomic E-state index is 0.158. The fraction of sp³-hybridized carbons (Fsp3) is 0.259. The molecule has 2 aromatic carbocycles. The number of pyridine rings is 1. The summed E-state index contributed by atoms with van der Waals surface area (Å²) in [4.78, 5) is 18.7.